The van der Waals surface area contributed by atoms with Crippen LogP contribution in [0.25, 0.3) is 5.65 Å². The number of β-amino-alcohol motifs (C(OH)–C–C–N with tert-alkyl or cyclic N) is 1. The first-order valence-electron chi connectivity index (χ1n) is 8.76. The van der Waals surface area contributed by atoms with E-state index in [1.807, 2.05) is 6.07 Å². The summed E-state index contributed by atoms with van der Waals surface area (Å²) in [7, 11) is 0. The van der Waals surface area contributed by atoms with Crippen LogP contribution in [-0.4, -0.2) is 56.5 Å². The SMILES string of the molecule is O=c1cc([C@@H]2CCCCN2CC2(O)CCOCC2)nc2cc[nH]n12. The summed E-state index contributed by atoms with van der Waals surface area (Å²) in [6.07, 6.45) is 6.27. The Hall–Kier alpha value is -1.70. The standard InChI is InChI=1S/C17H24N4O3/c22-16-11-13(19-15-4-7-18-21(15)16)14-3-1-2-8-20(14)12-17(23)5-9-24-10-6-17/h4,7,11,14,18,23H,1-3,5-6,8-10,12H2/t14-/m0/s1. The van der Waals surface area contributed by atoms with Gasteiger partial charge in [-0.15, -0.1) is 0 Å². The van der Waals surface area contributed by atoms with E-state index >= 15 is 0 Å². The van der Waals surface area contributed by atoms with Crippen LogP contribution in [0.3, 0.4) is 0 Å². The summed E-state index contributed by atoms with van der Waals surface area (Å²) in [5, 5.41) is 13.7. The fourth-order valence-corrected chi connectivity index (χ4v) is 3.92. The van der Waals surface area contributed by atoms with Gasteiger partial charge in [0.05, 0.1) is 17.3 Å². The van der Waals surface area contributed by atoms with Crippen LogP contribution in [-0.2, 0) is 4.74 Å². The molecule has 2 aliphatic heterocycles. The highest BCUT2D eigenvalue weighted by Gasteiger charge is 2.36. The van der Waals surface area contributed by atoms with Gasteiger partial charge in [0.1, 0.15) is 0 Å². The molecule has 4 rings (SSSR count). The third kappa shape index (κ3) is 2.99. The summed E-state index contributed by atoms with van der Waals surface area (Å²) >= 11 is 0. The molecule has 2 aromatic heterocycles. The quantitative estimate of drug-likeness (QED) is 0.879. The van der Waals surface area contributed by atoms with E-state index < -0.39 is 5.60 Å². The molecule has 7 heteroatoms. The summed E-state index contributed by atoms with van der Waals surface area (Å²) in [6.45, 7) is 2.78. The van der Waals surface area contributed by atoms with Crippen molar-refractivity contribution in [3.05, 3.63) is 34.4 Å². The molecule has 0 aromatic carbocycles. The number of piperidine rings is 1. The van der Waals surface area contributed by atoms with Crippen LogP contribution < -0.4 is 5.56 Å². The van der Waals surface area contributed by atoms with E-state index in [4.69, 9.17) is 4.74 Å². The Bertz CT molecular complexity index is 763. The predicted molar refractivity (Wildman–Crippen MR) is 89.0 cm³/mol. The Morgan fingerprint density at radius 2 is 2.21 bits per heavy atom. The molecule has 0 saturated carbocycles. The van der Waals surface area contributed by atoms with Gasteiger partial charge in [-0.05, 0) is 19.4 Å². The molecular weight excluding hydrogens is 308 g/mol. The molecule has 0 bridgehead atoms. The summed E-state index contributed by atoms with van der Waals surface area (Å²) in [6, 6.07) is 3.53. The molecule has 1 atom stereocenters. The molecule has 0 radical (unpaired) electrons. The summed E-state index contributed by atoms with van der Waals surface area (Å²) in [4.78, 5) is 19.2. The second kappa shape index (κ2) is 6.31. The minimum Gasteiger partial charge on any atom is -0.388 e. The van der Waals surface area contributed by atoms with E-state index in [0.717, 1.165) is 31.5 Å². The van der Waals surface area contributed by atoms with Gasteiger partial charge in [0, 0.05) is 50.9 Å². The maximum atomic E-state index is 12.3. The number of hydrogen-bond acceptors (Lipinski definition) is 5. The second-order valence-electron chi connectivity index (χ2n) is 6.99. The number of fused-ring (bicyclic) bond motifs is 1. The molecule has 2 fully saturated rings. The topological polar surface area (TPSA) is 82.9 Å². The van der Waals surface area contributed by atoms with Crippen LogP contribution in [0.2, 0.25) is 0 Å². The van der Waals surface area contributed by atoms with Crippen molar-refractivity contribution in [2.24, 2.45) is 0 Å². The Morgan fingerprint density at radius 3 is 3.04 bits per heavy atom. The van der Waals surface area contributed by atoms with Gasteiger partial charge in [-0.25, -0.2) is 9.50 Å². The first-order valence-corrected chi connectivity index (χ1v) is 8.76. The van der Waals surface area contributed by atoms with Crippen molar-refractivity contribution < 1.29 is 9.84 Å². The molecule has 4 heterocycles. The highest BCUT2D eigenvalue weighted by atomic mass is 16.5. The number of nitrogens with one attached hydrogen (secondary N) is 1. The number of aliphatic hydroxyl groups is 1. The van der Waals surface area contributed by atoms with Crippen molar-refractivity contribution in [2.75, 3.05) is 26.3 Å². The molecule has 2 saturated heterocycles. The van der Waals surface area contributed by atoms with Gasteiger partial charge < -0.3 is 9.84 Å². The lowest BCUT2D eigenvalue weighted by atomic mass is 9.90. The van der Waals surface area contributed by atoms with E-state index in [1.54, 1.807) is 12.3 Å². The normalized spacial score (nSPS) is 25.1. The van der Waals surface area contributed by atoms with Crippen LogP contribution in [0.15, 0.2) is 23.1 Å². The average molecular weight is 332 g/mol. The second-order valence-corrected chi connectivity index (χ2v) is 6.99. The van der Waals surface area contributed by atoms with Gasteiger partial charge in [-0.1, -0.05) is 6.42 Å². The van der Waals surface area contributed by atoms with Crippen molar-refractivity contribution in [3.8, 4) is 0 Å². The lowest BCUT2D eigenvalue weighted by molar-refractivity contribution is -0.0888. The van der Waals surface area contributed by atoms with Gasteiger partial charge in [0.25, 0.3) is 5.56 Å². The number of aromatic amines is 1. The van der Waals surface area contributed by atoms with Crippen molar-refractivity contribution in [1.29, 1.82) is 0 Å². The number of ether oxygens (including phenoxy) is 1. The van der Waals surface area contributed by atoms with Crippen molar-refractivity contribution in [3.63, 3.8) is 0 Å². The smallest absolute Gasteiger partial charge is 0.272 e. The lowest BCUT2D eigenvalue weighted by Crippen LogP contribution is -2.49. The highest BCUT2D eigenvalue weighted by Crippen LogP contribution is 2.33. The first-order chi connectivity index (χ1) is 11.6. The molecule has 2 aliphatic rings. The zero-order valence-electron chi connectivity index (χ0n) is 13.8. The lowest BCUT2D eigenvalue weighted by Gasteiger charge is -2.42. The molecule has 7 nitrogen and oxygen atoms in total. The molecule has 24 heavy (non-hydrogen) atoms. The van der Waals surface area contributed by atoms with E-state index in [1.165, 1.54) is 4.52 Å². The Kier molecular flexibility index (Phi) is 4.15. The van der Waals surface area contributed by atoms with Crippen molar-refractivity contribution in [1.82, 2.24) is 19.5 Å². The Labute approximate surface area is 140 Å². The van der Waals surface area contributed by atoms with Crippen LogP contribution in [0.5, 0.6) is 0 Å². The molecule has 0 unspecified atom stereocenters. The van der Waals surface area contributed by atoms with Crippen LogP contribution in [0.1, 0.15) is 43.8 Å². The highest BCUT2D eigenvalue weighted by molar-refractivity contribution is 5.37. The Balaban J connectivity index is 1.62. The number of H-pyrrole nitrogens is 1. The molecular formula is C17H24N4O3. The zero-order chi connectivity index (χ0) is 16.6. The molecule has 0 aliphatic carbocycles. The maximum Gasteiger partial charge on any atom is 0.272 e. The monoisotopic (exact) mass is 332 g/mol. The number of aromatic nitrogens is 3. The third-order valence-electron chi connectivity index (χ3n) is 5.28. The molecule has 0 spiro atoms. The largest absolute Gasteiger partial charge is 0.388 e. The average Bonchev–Trinajstić information content (AvgIpc) is 3.05. The van der Waals surface area contributed by atoms with Crippen LogP contribution in [0, 0.1) is 0 Å². The van der Waals surface area contributed by atoms with E-state index in [-0.39, 0.29) is 11.6 Å². The van der Waals surface area contributed by atoms with Crippen molar-refractivity contribution in [2.45, 2.75) is 43.7 Å². The summed E-state index contributed by atoms with van der Waals surface area (Å²) in [5.74, 6) is 0. The van der Waals surface area contributed by atoms with Crippen molar-refractivity contribution >= 4 is 5.65 Å². The van der Waals surface area contributed by atoms with Gasteiger partial charge >= 0.3 is 0 Å². The fourth-order valence-electron chi connectivity index (χ4n) is 3.92. The fraction of sp³-hybridized carbons (Fsp3) is 0.647. The molecule has 2 N–H and O–H groups in total. The maximum absolute atomic E-state index is 12.3. The Morgan fingerprint density at radius 1 is 1.38 bits per heavy atom. The minimum absolute atomic E-state index is 0.0877. The predicted octanol–water partition coefficient (Wildman–Crippen LogP) is 1.09. The number of hydrogen-bond donors (Lipinski definition) is 2. The van der Waals surface area contributed by atoms with Gasteiger partial charge in [0.2, 0.25) is 0 Å². The van der Waals surface area contributed by atoms with Crippen LogP contribution >= 0.6 is 0 Å². The first kappa shape index (κ1) is 15.8. The number of likely N-dealkylation sites (tertiary alicyclic amines) is 1. The van der Waals surface area contributed by atoms with Crippen LogP contribution in [0.4, 0.5) is 0 Å². The van der Waals surface area contributed by atoms with Gasteiger partial charge in [-0.3, -0.25) is 14.8 Å². The molecule has 2 aromatic rings. The zero-order valence-corrected chi connectivity index (χ0v) is 13.8. The van der Waals surface area contributed by atoms with E-state index in [9.17, 15) is 9.90 Å². The number of rotatable bonds is 3. The molecule has 0 amide bonds. The van der Waals surface area contributed by atoms with E-state index in [2.05, 4.69) is 15.0 Å². The summed E-state index contributed by atoms with van der Waals surface area (Å²) < 4.78 is 6.83. The number of nitrogens with zero attached hydrogens (tertiary/aromatic N) is 3. The third-order valence-corrected chi connectivity index (χ3v) is 5.28. The van der Waals surface area contributed by atoms with E-state index in [0.29, 0.717) is 38.2 Å². The molecule has 130 valence electrons. The minimum atomic E-state index is -0.693. The summed E-state index contributed by atoms with van der Waals surface area (Å²) in [5.41, 5.74) is 0.680. The van der Waals surface area contributed by atoms with Gasteiger partial charge in [0.15, 0.2) is 5.65 Å². The van der Waals surface area contributed by atoms with Gasteiger partial charge in [-0.2, -0.15) is 0 Å².